The molecular formula is C13H15BrN2O5. The first-order chi connectivity index (χ1) is 9.86. The summed E-state index contributed by atoms with van der Waals surface area (Å²) in [5, 5.41) is 4.50. The lowest BCUT2D eigenvalue weighted by Crippen LogP contribution is -2.43. The van der Waals surface area contributed by atoms with Crippen LogP contribution in [-0.2, 0) is 14.3 Å². The number of hydrogen-bond donors (Lipinski definition) is 2. The molecule has 3 amide bonds. The van der Waals surface area contributed by atoms with Crippen molar-refractivity contribution >= 4 is 39.9 Å². The maximum atomic E-state index is 11.3. The molecule has 0 aliphatic heterocycles. The predicted molar refractivity (Wildman–Crippen MR) is 78.2 cm³/mol. The lowest BCUT2D eigenvalue weighted by Gasteiger charge is -2.08. The maximum absolute atomic E-state index is 11.3. The number of amides is 3. The summed E-state index contributed by atoms with van der Waals surface area (Å²) in [4.78, 5) is 33.9. The number of halogens is 1. The third kappa shape index (κ3) is 7.31. The highest BCUT2D eigenvalue weighted by atomic mass is 79.9. The summed E-state index contributed by atoms with van der Waals surface area (Å²) in [5.41, 5.74) is 0. The van der Waals surface area contributed by atoms with Crippen LogP contribution in [-0.4, -0.2) is 30.6 Å². The van der Waals surface area contributed by atoms with Crippen molar-refractivity contribution in [3.8, 4) is 0 Å². The van der Waals surface area contributed by atoms with E-state index < -0.39 is 24.5 Å². The summed E-state index contributed by atoms with van der Waals surface area (Å²) in [7, 11) is 0. The Bertz CT molecular complexity index is 551. The molecule has 0 bridgehead atoms. The zero-order chi connectivity index (χ0) is 15.8. The SMILES string of the molecule is CC(C)NC(=O)NC(=O)COC(=O)C=Cc1ccc(Br)o1. The summed E-state index contributed by atoms with van der Waals surface area (Å²) in [6.45, 7) is 2.96. The van der Waals surface area contributed by atoms with E-state index in [4.69, 9.17) is 4.42 Å². The Morgan fingerprint density at radius 3 is 2.67 bits per heavy atom. The molecular weight excluding hydrogens is 344 g/mol. The number of ether oxygens (including phenoxy) is 1. The molecule has 8 heteroatoms. The summed E-state index contributed by atoms with van der Waals surface area (Å²) >= 11 is 3.12. The average Bonchev–Trinajstić information content (AvgIpc) is 2.78. The second-order valence-electron chi connectivity index (χ2n) is 4.26. The molecule has 0 unspecified atom stereocenters. The topological polar surface area (TPSA) is 97.6 Å². The Balaban J connectivity index is 2.31. The van der Waals surface area contributed by atoms with Gasteiger partial charge in [-0.2, -0.15) is 0 Å². The monoisotopic (exact) mass is 358 g/mol. The Morgan fingerprint density at radius 2 is 2.10 bits per heavy atom. The van der Waals surface area contributed by atoms with Crippen LogP contribution in [0.25, 0.3) is 6.08 Å². The van der Waals surface area contributed by atoms with E-state index in [0.717, 1.165) is 6.08 Å². The van der Waals surface area contributed by atoms with Crippen LogP contribution in [0.2, 0.25) is 0 Å². The Morgan fingerprint density at radius 1 is 1.38 bits per heavy atom. The van der Waals surface area contributed by atoms with E-state index in [9.17, 15) is 14.4 Å². The molecule has 0 atom stereocenters. The second-order valence-corrected chi connectivity index (χ2v) is 5.04. The molecule has 1 rings (SSSR count). The summed E-state index contributed by atoms with van der Waals surface area (Å²) < 4.78 is 10.3. The molecule has 1 heterocycles. The zero-order valence-corrected chi connectivity index (χ0v) is 13.1. The molecule has 114 valence electrons. The third-order valence-corrected chi connectivity index (χ3v) is 2.42. The van der Waals surface area contributed by atoms with Crippen LogP contribution in [0.1, 0.15) is 19.6 Å². The van der Waals surface area contributed by atoms with E-state index >= 15 is 0 Å². The molecule has 21 heavy (non-hydrogen) atoms. The van der Waals surface area contributed by atoms with Gasteiger partial charge >= 0.3 is 12.0 Å². The summed E-state index contributed by atoms with van der Waals surface area (Å²) in [6, 6.07) is 2.58. The molecule has 0 spiro atoms. The highest BCUT2D eigenvalue weighted by Gasteiger charge is 2.10. The van der Waals surface area contributed by atoms with Gasteiger partial charge in [0.25, 0.3) is 5.91 Å². The van der Waals surface area contributed by atoms with Gasteiger partial charge in [0.05, 0.1) is 0 Å². The molecule has 7 nitrogen and oxygen atoms in total. The number of hydrogen-bond acceptors (Lipinski definition) is 5. The second kappa shape index (κ2) is 8.25. The number of imide groups is 1. The first-order valence-electron chi connectivity index (χ1n) is 6.07. The fourth-order valence-electron chi connectivity index (χ4n) is 1.21. The first kappa shape index (κ1) is 17.0. The highest BCUT2D eigenvalue weighted by molar-refractivity contribution is 9.10. The van der Waals surface area contributed by atoms with Gasteiger partial charge in [-0.3, -0.25) is 10.1 Å². The molecule has 0 aliphatic carbocycles. The molecule has 0 saturated heterocycles. The molecule has 0 saturated carbocycles. The third-order valence-electron chi connectivity index (χ3n) is 2.00. The maximum Gasteiger partial charge on any atom is 0.331 e. The Kier molecular flexibility index (Phi) is 6.67. The lowest BCUT2D eigenvalue weighted by atomic mass is 10.4. The van der Waals surface area contributed by atoms with E-state index in [2.05, 4.69) is 26.0 Å². The van der Waals surface area contributed by atoms with E-state index in [1.165, 1.54) is 6.08 Å². The lowest BCUT2D eigenvalue weighted by molar-refractivity contribution is -0.143. The van der Waals surface area contributed by atoms with Gasteiger partial charge in [0.2, 0.25) is 0 Å². The Labute approximate surface area is 129 Å². The molecule has 0 radical (unpaired) electrons. The van der Waals surface area contributed by atoms with Crippen molar-refractivity contribution in [3.05, 3.63) is 28.6 Å². The summed E-state index contributed by atoms with van der Waals surface area (Å²) in [6.07, 6.45) is 2.52. The van der Waals surface area contributed by atoms with Gasteiger partial charge in [-0.25, -0.2) is 9.59 Å². The number of carbonyl (C=O) groups is 3. The average molecular weight is 359 g/mol. The fraction of sp³-hybridized carbons (Fsp3) is 0.308. The van der Waals surface area contributed by atoms with Crippen molar-refractivity contribution in [3.63, 3.8) is 0 Å². The van der Waals surface area contributed by atoms with E-state index in [1.807, 2.05) is 5.32 Å². The van der Waals surface area contributed by atoms with Crippen molar-refractivity contribution < 1.29 is 23.5 Å². The van der Waals surface area contributed by atoms with Crippen LogP contribution in [0.4, 0.5) is 4.79 Å². The number of furan rings is 1. The highest BCUT2D eigenvalue weighted by Crippen LogP contribution is 2.14. The minimum Gasteiger partial charge on any atom is -0.452 e. The molecule has 0 fully saturated rings. The van der Waals surface area contributed by atoms with Crippen LogP contribution in [0.15, 0.2) is 27.3 Å². The van der Waals surface area contributed by atoms with Gasteiger partial charge in [0, 0.05) is 12.1 Å². The molecule has 0 aromatic carbocycles. The van der Waals surface area contributed by atoms with E-state index in [-0.39, 0.29) is 6.04 Å². The smallest absolute Gasteiger partial charge is 0.331 e. The van der Waals surface area contributed by atoms with Gasteiger partial charge in [0.15, 0.2) is 11.3 Å². The normalized spacial score (nSPS) is 10.7. The van der Waals surface area contributed by atoms with Gasteiger partial charge in [-0.15, -0.1) is 0 Å². The van der Waals surface area contributed by atoms with Crippen LogP contribution in [0.5, 0.6) is 0 Å². The molecule has 1 aromatic rings. The van der Waals surface area contributed by atoms with Crippen molar-refractivity contribution in [1.82, 2.24) is 10.6 Å². The van der Waals surface area contributed by atoms with Gasteiger partial charge in [-0.1, -0.05) is 0 Å². The van der Waals surface area contributed by atoms with E-state index in [1.54, 1.807) is 26.0 Å². The minimum absolute atomic E-state index is 0.101. The number of urea groups is 1. The zero-order valence-electron chi connectivity index (χ0n) is 11.5. The van der Waals surface area contributed by atoms with Gasteiger partial charge in [-0.05, 0) is 48.0 Å². The van der Waals surface area contributed by atoms with Gasteiger partial charge in [0.1, 0.15) is 5.76 Å². The Hall–Kier alpha value is -2.09. The molecule has 1 aromatic heterocycles. The van der Waals surface area contributed by atoms with Crippen molar-refractivity contribution in [2.75, 3.05) is 6.61 Å². The van der Waals surface area contributed by atoms with Crippen molar-refractivity contribution in [2.24, 2.45) is 0 Å². The number of rotatable bonds is 5. The molecule has 0 aliphatic rings. The summed E-state index contributed by atoms with van der Waals surface area (Å²) in [5.74, 6) is -0.975. The quantitative estimate of drug-likeness (QED) is 0.618. The first-order valence-corrected chi connectivity index (χ1v) is 6.86. The van der Waals surface area contributed by atoms with Gasteiger partial charge < -0.3 is 14.5 Å². The van der Waals surface area contributed by atoms with Crippen LogP contribution >= 0.6 is 15.9 Å². The van der Waals surface area contributed by atoms with E-state index in [0.29, 0.717) is 10.4 Å². The predicted octanol–water partition coefficient (Wildman–Crippen LogP) is 1.83. The number of nitrogens with one attached hydrogen (secondary N) is 2. The van der Waals surface area contributed by atoms with Crippen molar-refractivity contribution in [1.29, 1.82) is 0 Å². The van der Waals surface area contributed by atoms with Crippen LogP contribution in [0.3, 0.4) is 0 Å². The standard InChI is InChI=1S/C13H15BrN2O5/c1-8(2)15-13(19)16-11(17)7-20-12(18)6-4-9-3-5-10(14)21-9/h3-6,8H,7H2,1-2H3,(H2,15,16,17,19). The van der Waals surface area contributed by atoms with Crippen LogP contribution in [0, 0.1) is 0 Å². The number of carbonyl (C=O) groups excluding carboxylic acids is 3. The minimum atomic E-state index is -0.720. The fourth-order valence-corrected chi connectivity index (χ4v) is 1.53. The number of esters is 1. The van der Waals surface area contributed by atoms with Crippen molar-refractivity contribution in [2.45, 2.75) is 19.9 Å². The van der Waals surface area contributed by atoms with Crippen LogP contribution < -0.4 is 10.6 Å². The largest absolute Gasteiger partial charge is 0.452 e. The molecule has 2 N–H and O–H groups in total.